The molecular formula is C27H23Cl2NO5P+. The lowest BCUT2D eigenvalue weighted by Gasteiger charge is -2.29. The number of amides is 1. The quantitative estimate of drug-likeness (QED) is 0.356. The molecule has 0 radical (unpaired) electrons. The molecule has 0 atom stereocenters. The van der Waals surface area contributed by atoms with Gasteiger partial charge in [0.25, 0.3) is 5.91 Å². The Kier molecular flexibility index (Phi) is 9.76. The summed E-state index contributed by atoms with van der Waals surface area (Å²) in [6.07, 6.45) is 0. The molecule has 0 unspecified atom stereocenters. The summed E-state index contributed by atoms with van der Waals surface area (Å²) < 4.78 is 32.7. The number of carbonyl (C=O) groups excluding carboxylic acids is 1. The zero-order valence-electron chi connectivity index (χ0n) is 18.9. The highest BCUT2D eigenvalue weighted by atomic mass is 35.7. The summed E-state index contributed by atoms with van der Waals surface area (Å²) in [6.45, 7) is 0. The van der Waals surface area contributed by atoms with Gasteiger partial charge < -0.3 is 0 Å². The van der Waals surface area contributed by atoms with Crippen LogP contribution < -0.4 is 35.2 Å². The fraction of sp³-hybridized carbons (Fsp3) is 0. The van der Waals surface area contributed by atoms with Crippen LogP contribution in [0.1, 0.15) is 10.4 Å². The minimum Gasteiger partial charge on any atom is -0.291 e. The van der Waals surface area contributed by atoms with Crippen molar-refractivity contribution in [3.05, 3.63) is 138 Å². The van der Waals surface area contributed by atoms with Crippen molar-refractivity contribution >= 4 is 40.7 Å². The van der Waals surface area contributed by atoms with Crippen molar-refractivity contribution in [3.8, 4) is 0 Å². The standard InChI is InChI=1S/C27H21ClNOP.ClHO4/c28-21-26(29-27(30)22-13-5-1-6-14-22)31(23-15-7-2-8-16-23,24-17-9-3-10-18-24)25-19-11-4-12-20-25;2-1(3,4)5/h1-21H;(H,2,3,4,5)/p+1/b26-21+;. The first-order valence-electron chi connectivity index (χ1n) is 10.6. The average Bonchev–Trinajstić information content (AvgIpc) is 2.90. The van der Waals surface area contributed by atoms with Crippen molar-refractivity contribution in [2.75, 3.05) is 0 Å². The van der Waals surface area contributed by atoms with Gasteiger partial charge in [0.2, 0.25) is 0 Å². The number of hydrogen-bond acceptors (Lipinski definition) is 5. The Morgan fingerprint density at radius 1 is 0.694 bits per heavy atom. The summed E-state index contributed by atoms with van der Waals surface area (Å²) in [5, 5.41) is 6.51. The highest BCUT2D eigenvalue weighted by Gasteiger charge is 2.50. The zero-order chi connectivity index (χ0) is 26.0. The molecule has 4 aromatic carbocycles. The van der Waals surface area contributed by atoms with Crippen molar-refractivity contribution in [3.63, 3.8) is 0 Å². The van der Waals surface area contributed by atoms with Crippen LogP contribution in [0.2, 0.25) is 0 Å². The van der Waals surface area contributed by atoms with E-state index in [2.05, 4.69) is 41.7 Å². The van der Waals surface area contributed by atoms with Gasteiger partial charge in [-0.15, -0.1) is 0 Å². The molecule has 0 saturated heterocycles. The molecule has 0 aliphatic carbocycles. The predicted molar refractivity (Wildman–Crippen MR) is 135 cm³/mol. The van der Waals surface area contributed by atoms with E-state index in [0.29, 0.717) is 11.0 Å². The maximum atomic E-state index is 13.2. The third kappa shape index (κ3) is 7.00. The Labute approximate surface area is 217 Å². The molecule has 2 N–H and O–H groups in total. The number of halogens is 2. The number of hydrogen-bond donors (Lipinski definition) is 2. The van der Waals surface area contributed by atoms with Crippen LogP contribution in [-0.2, 0) is 0 Å². The van der Waals surface area contributed by atoms with E-state index in [9.17, 15) is 4.79 Å². The Morgan fingerprint density at radius 2 is 1.00 bits per heavy atom. The van der Waals surface area contributed by atoms with Gasteiger partial charge in [-0.05, 0) is 48.5 Å². The van der Waals surface area contributed by atoms with Crippen molar-refractivity contribution < 1.29 is 33.7 Å². The maximum absolute atomic E-state index is 13.2. The molecule has 36 heavy (non-hydrogen) atoms. The van der Waals surface area contributed by atoms with Gasteiger partial charge in [0.15, 0.2) is 12.7 Å². The molecule has 0 aromatic heterocycles. The molecule has 184 valence electrons. The van der Waals surface area contributed by atoms with Crippen molar-refractivity contribution in [1.29, 1.82) is 0 Å². The Morgan fingerprint density at radius 3 is 1.31 bits per heavy atom. The normalized spacial score (nSPS) is 11.8. The summed E-state index contributed by atoms with van der Waals surface area (Å²) >= 11 is 6.48. The van der Waals surface area contributed by atoms with Crippen LogP contribution in [0, 0.1) is 10.2 Å². The summed E-state index contributed by atoms with van der Waals surface area (Å²) in [6, 6.07) is 40.1. The van der Waals surface area contributed by atoms with Gasteiger partial charge in [0.05, 0.1) is 20.4 Å². The highest BCUT2D eigenvalue weighted by Crippen LogP contribution is 2.61. The molecule has 9 heteroatoms. The number of carbonyl (C=O) groups is 1. The van der Waals surface area contributed by atoms with E-state index in [1.54, 1.807) is 12.1 Å². The van der Waals surface area contributed by atoms with Crippen molar-refractivity contribution in [2.45, 2.75) is 0 Å². The van der Waals surface area contributed by atoms with Gasteiger partial charge in [0.1, 0.15) is 15.9 Å². The van der Waals surface area contributed by atoms with E-state index in [-0.39, 0.29) is 5.91 Å². The molecule has 0 aliphatic rings. The number of benzene rings is 4. The second-order valence-corrected chi connectivity index (χ2v) is 11.8. The Bertz CT molecular complexity index is 1170. The second kappa shape index (κ2) is 12.8. The molecule has 1 amide bonds. The molecule has 0 bridgehead atoms. The molecule has 0 spiro atoms. The van der Waals surface area contributed by atoms with Crippen LogP contribution >= 0.6 is 18.9 Å². The lowest BCUT2D eigenvalue weighted by atomic mass is 10.2. The van der Waals surface area contributed by atoms with Crippen LogP contribution in [0.4, 0.5) is 0 Å². The molecular weight excluding hydrogens is 520 g/mol. The fourth-order valence-electron chi connectivity index (χ4n) is 3.78. The van der Waals surface area contributed by atoms with E-state index in [1.807, 2.05) is 72.8 Å². The average molecular weight is 543 g/mol. The predicted octanol–water partition coefficient (Wildman–Crippen LogP) is 1.32. The van der Waals surface area contributed by atoms with Gasteiger partial charge in [-0.3, -0.25) is 10.1 Å². The lowest BCUT2D eigenvalue weighted by molar-refractivity contribution is -1.92. The lowest BCUT2D eigenvalue weighted by Crippen LogP contribution is -2.58. The molecule has 4 aromatic rings. The number of rotatable bonds is 6. The van der Waals surface area contributed by atoms with Gasteiger partial charge in [0, 0.05) is 5.56 Å². The fourth-order valence-corrected chi connectivity index (χ4v) is 8.28. The third-order valence-corrected chi connectivity index (χ3v) is 9.72. The van der Waals surface area contributed by atoms with Gasteiger partial charge >= 0.3 is 0 Å². The van der Waals surface area contributed by atoms with E-state index in [0.717, 1.165) is 15.9 Å². The van der Waals surface area contributed by atoms with Crippen molar-refractivity contribution in [1.82, 2.24) is 5.32 Å². The maximum Gasteiger partial charge on any atom is 0.258 e. The summed E-state index contributed by atoms with van der Waals surface area (Å²) in [7, 11) is -7.13. The Balaban J connectivity index is 0.000000658. The second-order valence-electron chi connectivity index (χ2n) is 7.39. The minimum atomic E-state index is -4.69. The van der Waals surface area contributed by atoms with Crippen molar-refractivity contribution in [2.24, 2.45) is 0 Å². The van der Waals surface area contributed by atoms with E-state index in [1.165, 1.54) is 5.54 Å². The first-order chi connectivity index (χ1) is 17.3. The Hall–Kier alpha value is -3.06. The van der Waals surface area contributed by atoms with E-state index in [4.69, 9.17) is 30.2 Å². The number of nitrogens with one attached hydrogen (secondary N) is 1. The molecule has 4 rings (SSSR count). The third-order valence-electron chi connectivity index (χ3n) is 5.17. The smallest absolute Gasteiger partial charge is 0.258 e. The first-order valence-corrected chi connectivity index (χ1v) is 14.1. The minimum absolute atomic E-state index is 0.181. The molecule has 0 aliphatic heterocycles. The summed E-state index contributed by atoms with van der Waals surface area (Å²) in [4.78, 5) is 13.2. The van der Waals surface area contributed by atoms with Crippen LogP contribution in [0.25, 0.3) is 0 Å². The van der Waals surface area contributed by atoms with E-state index >= 15 is 0 Å². The largest absolute Gasteiger partial charge is 0.291 e. The summed E-state index contributed by atoms with van der Waals surface area (Å²) in [5.74, 6) is -0.181. The van der Waals surface area contributed by atoms with Gasteiger partial charge in [-0.2, -0.15) is 14.0 Å². The zero-order valence-corrected chi connectivity index (χ0v) is 21.3. The van der Waals surface area contributed by atoms with Gasteiger partial charge in [-0.1, -0.05) is 84.4 Å². The van der Waals surface area contributed by atoms with Crippen LogP contribution in [-0.4, -0.2) is 10.6 Å². The monoisotopic (exact) mass is 542 g/mol. The topological polar surface area (TPSA) is 119 Å². The summed E-state index contributed by atoms with van der Waals surface area (Å²) in [5.41, 5.74) is 2.82. The van der Waals surface area contributed by atoms with Crippen LogP contribution in [0.15, 0.2) is 132 Å². The first kappa shape index (κ1) is 27.5. The van der Waals surface area contributed by atoms with E-state index < -0.39 is 17.5 Å². The van der Waals surface area contributed by atoms with Crippen LogP contribution in [0.5, 0.6) is 0 Å². The molecule has 0 saturated carbocycles. The van der Waals surface area contributed by atoms with Gasteiger partial charge in [-0.25, -0.2) is 0 Å². The van der Waals surface area contributed by atoms with Crippen LogP contribution in [0.3, 0.4) is 0 Å². The molecule has 6 nitrogen and oxygen atoms in total. The molecule has 0 heterocycles. The highest BCUT2D eigenvalue weighted by molar-refractivity contribution is 7.99. The SMILES string of the molecule is O=C(N/C(=C\Cl)[P+](c1ccccc1)(c1ccccc1)c1ccccc1)c1ccccc1.[O-][Cl+3]([O-])([O-])O. The molecule has 0 fully saturated rings.